The van der Waals surface area contributed by atoms with Crippen LogP contribution in [0.25, 0.3) is 0 Å². The fourth-order valence-electron chi connectivity index (χ4n) is 0.524. The van der Waals surface area contributed by atoms with Gasteiger partial charge in [-0.3, -0.25) is 9.35 Å². The number of carbonyl (C=O) groups excluding carboxylic acids is 1. The maximum atomic E-state index is 10.9. The third-order valence-corrected chi connectivity index (χ3v) is 1.75. The van der Waals surface area contributed by atoms with Crippen LogP contribution in [0.3, 0.4) is 0 Å². The highest BCUT2D eigenvalue weighted by molar-refractivity contribution is 7.85. The molecule has 0 bridgehead atoms. The largest absolute Gasteiger partial charge is 0.325 e. The first-order valence-corrected chi connectivity index (χ1v) is 4.93. The molecule has 0 spiro atoms. The molecule has 0 heterocycles. The van der Waals surface area contributed by atoms with Crippen LogP contribution < -0.4 is 5.32 Å². The van der Waals surface area contributed by atoms with Crippen LogP contribution >= 0.6 is 0 Å². The first-order valence-electron chi connectivity index (χ1n) is 3.32. The molecule has 0 aliphatic rings. The maximum Gasteiger partial charge on any atom is 0.270 e. The lowest BCUT2D eigenvalue weighted by Gasteiger charge is -2.05. The smallest absolute Gasteiger partial charge is 0.270 e. The van der Waals surface area contributed by atoms with E-state index < -0.39 is 21.8 Å². The molecule has 0 aromatic rings. The summed E-state index contributed by atoms with van der Waals surface area (Å²) in [5, 5.41) is 2.16. The van der Waals surface area contributed by atoms with Gasteiger partial charge >= 0.3 is 0 Å². The van der Waals surface area contributed by atoms with E-state index in [2.05, 4.69) is 18.5 Å². The molecule has 0 radical (unpaired) electrons. The van der Waals surface area contributed by atoms with Gasteiger partial charge < -0.3 is 5.32 Å². The Morgan fingerprint density at radius 2 is 1.92 bits per heavy atom. The van der Waals surface area contributed by atoms with Crippen LogP contribution in [0, 0.1) is 0 Å². The monoisotopic (exact) mass is 205 g/mol. The number of hydrogen-bond acceptors (Lipinski definition) is 3. The molecule has 0 aromatic heterocycles. The molecular weight excluding hydrogens is 194 g/mol. The molecule has 13 heavy (non-hydrogen) atoms. The van der Waals surface area contributed by atoms with Crippen molar-refractivity contribution in [3.63, 3.8) is 0 Å². The Hall–Kier alpha value is -1.14. The number of nitrogens with one attached hydrogen (secondary N) is 1. The summed E-state index contributed by atoms with van der Waals surface area (Å²) in [6.45, 7) is 8.06. The van der Waals surface area contributed by atoms with Crippen LogP contribution in [0.2, 0.25) is 0 Å². The molecule has 0 aromatic carbocycles. The van der Waals surface area contributed by atoms with E-state index in [0.717, 1.165) is 0 Å². The van der Waals surface area contributed by atoms with E-state index in [0.29, 0.717) is 0 Å². The molecule has 2 N–H and O–H groups in total. The fraction of sp³-hybridized carbons (Fsp3) is 0.286. The van der Waals surface area contributed by atoms with E-state index in [-0.39, 0.29) is 11.3 Å². The molecule has 0 aliphatic carbocycles. The number of carbonyl (C=O) groups is 1. The molecule has 5 nitrogen and oxygen atoms in total. The van der Waals surface area contributed by atoms with Gasteiger partial charge in [0.2, 0.25) is 5.91 Å². The van der Waals surface area contributed by atoms with Gasteiger partial charge in [-0.05, 0) is 6.92 Å². The highest BCUT2D eigenvalue weighted by Gasteiger charge is 2.10. The van der Waals surface area contributed by atoms with Crippen molar-refractivity contribution >= 4 is 16.0 Å². The van der Waals surface area contributed by atoms with Crippen molar-refractivity contribution in [2.45, 2.75) is 6.92 Å². The molecular formula is C7H11NO4S. The van der Waals surface area contributed by atoms with Crippen molar-refractivity contribution in [3.8, 4) is 0 Å². The molecule has 0 saturated carbocycles. The van der Waals surface area contributed by atoms with Crippen LogP contribution in [-0.4, -0.2) is 24.6 Å². The predicted molar refractivity (Wildman–Crippen MR) is 48.5 cm³/mol. The molecule has 0 saturated heterocycles. The Kier molecular flexibility index (Phi) is 3.83. The Balaban J connectivity index is 4.19. The lowest BCUT2D eigenvalue weighted by Crippen LogP contribution is -2.26. The minimum absolute atomic E-state index is 0.0875. The second-order valence-corrected chi connectivity index (χ2v) is 4.02. The lowest BCUT2D eigenvalue weighted by molar-refractivity contribution is -0.116. The molecule has 74 valence electrons. The van der Waals surface area contributed by atoms with E-state index in [4.69, 9.17) is 4.55 Å². The average Bonchev–Trinajstić information content (AvgIpc) is 1.81. The maximum absolute atomic E-state index is 10.9. The quantitative estimate of drug-likeness (QED) is 0.503. The molecule has 0 atom stereocenters. The van der Waals surface area contributed by atoms with Gasteiger partial charge in [0.15, 0.2) is 0 Å². The van der Waals surface area contributed by atoms with E-state index in [1.807, 2.05) is 0 Å². The van der Waals surface area contributed by atoms with Crippen molar-refractivity contribution in [1.29, 1.82) is 0 Å². The first kappa shape index (κ1) is 11.9. The van der Waals surface area contributed by atoms with E-state index in [1.165, 1.54) is 6.92 Å². The summed E-state index contributed by atoms with van der Waals surface area (Å²) >= 11 is 0. The van der Waals surface area contributed by atoms with Gasteiger partial charge in [-0.15, -0.1) is 0 Å². The average molecular weight is 205 g/mol. The second-order valence-electron chi connectivity index (χ2n) is 2.56. The molecule has 0 fully saturated rings. The summed E-state index contributed by atoms with van der Waals surface area (Å²) in [6, 6.07) is 0. The van der Waals surface area contributed by atoms with Crippen LogP contribution in [0.15, 0.2) is 24.4 Å². The molecule has 0 aliphatic heterocycles. The Morgan fingerprint density at radius 3 is 2.23 bits per heavy atom. The minimum atomic E-state index is -4.14. The number of rotatable bonds is 4. The Bertz CT molecular complexity index is 342. The summed E-state index contributed by atoms with van der Waals surface area (Å²) in [6.07, 6.45) is 0. The van der Waals surface area contributed by atoms with Gasteiger partial charge in [0.05, 0.1) is 0 Å². The van der Waals surface area contributed by atoms with Gasteiger partial charge in [-0.2, -0.15) is 8.42 Å². The molecule has 0 unspecified atom stereocenters. The van der Waals surface area contributed by atoms with E-state index in [9.17, 15) is 13.2 Å². The number of amides is 1. The third-order valence-electron chi connectivity index (χ3n) is 1.03. The minimum Gasteiger partial charge on any atom is -0.325 e. The Labute approximate surface area is 76.9 Å². The van der Waals surface area contributed by atoms with E-state index >= 15 is 0 Å². The highest BCUT2D eigenvalue weighted by Crippen LogP contribution is 1.94. The lowest BCUT2D eigenvalue weighted by atomic mass is 10.3. The van der Waals surface area contributed by atoms with Crippen molar-refractivity contribution in [1.82, 2.24) is 5.32 Å². The topological polar surface area (TPSA) is 83.5 Å². The van der Waals surface area contributed by atoms with Crippen molar-refractivity contribution in [2.75, 3.05) is 5.75 Å². The summed E-state index contributed by atoms with van der Waals surface area (Å²) in [5.41, 5.74) is 0.145. The third kappa shape index (κ3) is 6.06. The number of hydrogen-bond donors (Lipinski definition) is 2. The summed E-state index contributed by atoms with van der Waals surface area (Å²) in [4.78, 5) is 10.9. The zero-order valence-electron chi connectivity index (χ0n) is 7.20. The summed E-state index contributed by atoms with van der Waals surface area (Å²) in [5.74, 6) is -1.21. The molecule has 1 amide bonds. The molecule has 0 rings (SSSR count). The highest BCUT2D eigenvalue weighted by atomic mass is 32.2. The second kappa shape index (κ2) is 4.20. The van der Waals surface area contributed by atoms with E-state index in [1.54, 1.807) is 0 Å². The van der Waals surface area contributed by atoms with Crippen LogP contribution in [0.4, 0.5) is 0 Å². The van der Waals surface area contributed by atoms with Gasteiger partial charge in [0, 0.05) is 11.3 Å². The SMILES string of the molecule is C=C(CS(=O)(=O)O)NC(=O)C(=C)C. The van der Waals surface area contributed by atoms with Crippen molar-refractivity contribution < 1.29 is 17.8 Å². The standard InChI is InChI=1S/C7H11NO4S/c1-5(2)7(9)8-6(3)4-13(10,11)12/h1,3-4H2,2H3,(H,8,9)(H,10,11,12). The van der Waals surface area contributed by atoms with Crippen LogP contribution in [0.1, 0.15) is 6.92 Å². The van der Waals surface area contributed by atoms with Crippen molar-refractivity contribution in [3.05, 3.63) is 24.4 Å². The fourth-order valence-corrected chi connectivity index (χ4v) is 1.04. The van der Waals surface area contributed by atoms with Crippen LogP contribution in [0.5, 0.6) is 0 Å². The normalized spacial score (nSPS) is 10.6. The van der Waals surface area contributed by atoms with Gasteiger partial charge in [-0.25, -0.2) is 0 Å². The predicted octanol–water partition coefficient (Wildman–Crippen LogP) is 0.0802. The van der Waals surface area contributed by atoms with Crippen LogP contribution in [-0.2, 0) is 14.9 Å². The Morgan fingerprint density at radius 1 is 1.46 bits per heavy atom. The van der Waals surface area contributed by atoms with Gasteiger partial charge in [0.1, 0.15) is 5.75 Å². The van der Waals surface area contributed by atoms with Gasteiger partial charge in [-0.1, -0.05) is 13.2 Å². The molecule has 6 heteroatoms. The summed E-state index contributed by atoms with van der Waals surface area (Å²) in [7, 11) is -4.14. The first-order chi connectivity index (χ1) is 5.72. The zero-order chi connectivity index (χ0) is 10.6. The summed E-state index contributed by atoms with van der Waals surface area (Å²) < 4.78 is 29.0. The van der Waals surface area contributed by atoms with Crippen molar-refractivity contribution in [2.24, 2.45) is 0 Å². The van der Waals surface area contributed by atoms with Gasteiger partial charge in [0.25, 0.3) is 10.1 Å². The zero-order valence-corrected chi connectivity index (χ0v) is 8.02.